The van der Waals surface area contributed by atoms with E-state index in [0.717, 1.165) is 30.7 Å². The molecule has 1 heterocycles. The number of rotatable bonds is 5. The van der Waals surface area contributed by atoms with Crippen LogP contribution < -0.4 is 4.74 Å². The molecule has 1 fully saturated rings. The SMILES string of the molecule is C.CC(C)C1CCN(CCOc2ccccc2)CC1. The van der Waals surface area contributed by atoms with Crippen molar-refractivity contribution in [2.45, 2.75) is 34.1 Å². The Hall–Kier alpha value is -1.02. The molecule has 1 aliphatic heterocycles. The molecule has 0 aliphatic carbocycles. The molecule has 2 nitrogen and oxygen atoms in total. The molecule has 108 valence electrons. The fourth-order valence-electron chi connectivity index (χ4n) is 2.65. The van der Waals surface area contributed by atoms with Crippen molar-refractivity contribution in [1.29, 1.82) is 0 Å². The highest BCUT2D eigenvalue weighted by atomic mass is 16.5. The van der Waals surface area contributed by atoms with E-state index in [1.165, 1.54) is 25.9 Å². The highest BCUT2D eigenvalue weighted by Crippen LogP contribution is 2.24. The largest absolute Gasteiger partial charge is 0.492 e. The van der Waals surface area contributed by atoms with Crippen LogP contribution in [-0.4, -0.2) is 31.1 Å². The van der Waals surface area contributed by atoms with Crippen LogP contribution in [0.3, 0.4) is 0 Å². The zero-order valence-electron chi connectivity index (χ0n) is 11.6. The van der Waals surface area contributed by atoms with E-state index in [4.69, 9.17) is 4.74 Å². The number of hydrogen-bond acceptors (Lipinski definition) is 2. The lowest BCUT2D eigenvalue weighted by atomic mass is 9.87. The van der Waals surface area contributed by atoms with Crippen molar-refractivity contribution in [3.05, 3.63) is 30.3 Å². The average molecular weight is 263 g/mol. The van der Waals surface area contributed by atoms with Crippen molar-refractivity contribution in [1.82, 2.24) is 4.90 Å². The fourth-order valence-corrected chi connectivity index (χ4v) is 2.65. The normalized spacial score (nSPS) is 17.2. The molecule has 0 atom stereocenters. The molecular formula is C17H29NO. The molecule has 0 N–H and O–H groups in total. The fraction of sp³-hybridized carbons (Fsp3) is 0.647. The van der Waals surface area contributed by atoms with Gasteiger partial charge in [0.15, 0.2) is 0 Å². The first kappa shape index (κ1) is 16.0. The van der Waals surface area contributed by atoms with Gasteiger partial charge in [0.05, 0.1) is 0 Å². The summed E-state index contributed by atoms with van der Waals surface area (Å²) >= 11 is 0. The zero-order chi connectivity index (χ0) is 12.8. The Morgan fingerprint density at radius 2 is 1.79 bits per heavy atom. The lowest BCUT2D eigenvalue weighted by molar-refractivity contribution is 0.137. The first-order chi connectivity index (χ1) is 8.75. The average Bonchev–Trinajstić information content (AvgIpc) is 2.40. The van der Waals surface area contributed by atoms with Gasteiger partial charge in [-0.1, -0.05) is 39.5 Å². The summed E-state index contributed by atoms with van der Waals surface area (Å²) in [5.74, 6) is 2.75. The zero-order valence-corrected chi connectivity index (χ0v) is 11.6. The summed E-state index contributed by atoms with van der Waals surface area (Å²) in [6, 6.07) is 10.1. The Kier molecular flexibility index (Phi) is 6.93. The smallest absolute Gasteiger partial charge is 0.119 e. The summed E-state index contributed by atoms with van der Waals surface area (Å²) in [7, 11) is 0. The van der Waals surface area contributed by atoms with Crippen molar-refractivity contribution in [3.63, 3.8) is 0 Å². The second-order valence-electron chi connectivity index (χ2n) is 5.58. The number of benzene rings is 1. The van der Waals surface area contributed by atoms with Crippen molar-refractivity contribution in [2.24, 2.45) is 11.8 Å². The Balaban J connectivity index is 0.00000180. The van der Waals surface area contributed by atoms with E-state index in [0.29, 0.717) is 0 Å². The molecule has 1 aromatic rings. The highest BCUT2D eigenvalue weighted by Gasteiger charge is 2.20. The predicted octanol–water partition coefficient (Wildman–Crippen LogP) is 4.07. The molecule has 1 aromatic carbocycles. The predicted molar refractivity (Wildman–Crippen MR) is 82.7 cm³/mol. The summed E-state index contributed by atoms with van der Waals surface area (Å²) in [5.41, 5.74) is 0. The molecule has 0 bridgehead atoms. The van der Waals surface area contributed by atoms with Gasteiger partial charge in [0.1, 0.15) is 12.4 Å². The Morgan fingerprint density at radius 1 is 1.16 bits per heavy atom. The maximum atomic E-state index is 5.74. The van der Waals surface area contributed by atoms with E-state index in [2.05, 4.69) is 18.7 Å². The van der Waals surface area contributed by atoms with Crippen LogP contribution >= 0.6 is 0 Å². The molecule has 0 saturated carbocycles. The number of likely N-dealkylation sites (tertiary alicyclic amines) is 1. The van der Waals surface area contributed by atoms with Crippen molar-refractivity contribution in [3.8, 4) is 5.75 Å². The summed E-state index contributed by atoms with van der Waals surface area (Å²) in [6.07, 6.45) is 2.70. The van der Waals surface area contributed by atoms with Crippen LogP contribution in [0.5, 0.6) is 5.75 Å². The second-order valence-corrected chi connectivity index (χ2v) is 5.58. The van der Waals surface area contributed by atoms with Crippen LogP contribution in [0.15, 0.2) is 30.3 Å². The monoisotopic (exact) mass is 263 g/mol. The van der Waals surface area contributed by atoms with Crippen LogP contribution in [0.2, 0.25) is 0 Å². The van der Waals surface area contributed by atoms with Gasteiger partial charge < -0.3 is 4.74 Å². The first-order valence-corrected chi connectivity index (χ1v) is 7.16. The Morgan fingerprint density at radius 3 is 2.37 bits per heavy atom. The van der Waals surface area contributed by atoms with Gasteiger partial charge in [-0.3, -0.25) is 4.90 Å². The van der Waals surface area contributed by atoms with Gasteiger partial charge >= 0.3 is 0 Å². The topological polar surface area (TPSA) is 12.5 Å². The van der Waals surface area contributed by atoms with Crippen molar-refractivity contribution >= 4 is 0 Å². The van der Waals surface area contributed by atoms with Gasteiger partial charge in [-0.15, -0.1) is 0 Å². The highest BCUT2D eigenvalue weighted by molar-refractivity contribution is 5.20. The molecule has 0 amide bonds. The Bertz CT molecular complexity index is 328. The summed E-state index contributed by atoms with van der Waals surface area (Å²) in [6.45, 7) is 9.02. The van der Waals surface area contributed by atoms with Crippen LogP contribution in [0.4, 0.5) is 0 Å². The van der Waals surface area contributed by atoms with E-state index in [1.807, 2.05) is 30.3 Å². The molecule has 19 heavy (non-hydrogen) atoms. The number of nitrogens with zero attached hydrogens (tertiary/aromatic N) is 1. The van der Waals surface area contributed by atoms with Crippen LogP contribution in [0.1, 0.15) is 34.1 Å². The third-order valence-electron chi connectivity index (χ3n) is 3.99. The molecule has 0 unspecified atom stereocenters. The maximum Gasteiger partial charge on any atom is 0.119 e. The van der Waals surface area contributed by atoms with Gasteiger partial charge in [0, 0.05) is 6.54 Å². The lowest BCUT2D eigenvalue weighted by Gasteiger charge is -2.33. The van der Waals surface area contributed by atoms with E-state index >= 15 is 0 Å². The standard InChI is InChI=1S/C16H25NO.CH4/c1-14(2)15-8-10-17(11-9-15)12-13-18-16-6-4-3-5-7-16;/h3-7,14-15H,8-13H2,1-2H3;1H4. The van der Waals surface area contributed by atoms with Crippen LogP contribution in [0.25, 0.3) is 0 Å². The molecular weight excluding hydrogens is 234 g/mol. The van der Waals surface area contributed by atoms with Gasteiger partial charge in [0.2, 0.25) is 0 Å². The lowest BCUT2D eigenvalue weighted by Crippen LogP contribution is -2.37. The van der Waals surface area contributed by atoms with E-state index in [-0.39, 0.29) is 7.43 Å². The van der Waals surface area contributed by atoms with Crippen molar-refractivity contribution in [2.75, 3.05) is 26.2 Å². The molecule has 1 saturated heterocycles. The van der Waals surface area contributed by atoms with E-state index < -0.39 is 0 Å². The third-order valence-corrected chi connectivity index (χ3v) is 3.99. The van der Waals surface area contributed by atoms with Gasteiger partial charge in [-0.2, -0.15) is 0 Å². The third kappa shape index (κ3) is 5.23. The Labute approximate surface area is 118 Å². The minimum Gasteiger partial charge on any atom is -0.492 e. The molecule has 0 spiro atoms. The molecule has 2 heteroatoms. The molecule has 1 aliphatic rings. The number of piperidine rings is 1. The van der Waals surface area contributed by atoms with Crippen LogP contribution in [0, 0.1) is 11.8 Å². The van der Waals surface area contributed by atoms with Gasteiger partial charge in [-0.05, 0) is 49.9 Å². The quantitative estimate of drug-likeness (QED) is 0.794. The summed E-state index contributed by atoms with van der Waals surface area (Å²) in [5, 5.41) is 0. The summed E-state index contributed by atoms with van der Waals surface area (Å²) in [4.78, 5) is 2.53. The number of ether oxygens (including phenoxy) is 1. The summed E-state index contributed by atoms with van der Waals surface area (Å²) < 4.78 is 5.74. The van der Waals surface area contributed by atoms with Crippen LogP contribution in [-0.2, 0) is 0 Å². The molecule has 0 aromatic heterocycles. The number of hydrogen-bond donors (Lipinski definition) is 0. The van der Waals surface area contributed by atoms with E-state index in [1.54, 1.807) is 0 Å². The van der Waals surface area contributed by atoms with Gasteiger partial charge in [0.25, 0.3) is 0 Å². The minimum atomic E-state index is 0. The maximum absolute atomic E-state index is 5.74. The molecule has 0 radical (unpaired) electrons. The first-order valence-electron chi connectivity index (χ1n) is 7.16. The van der Waals surface area contributed by atoms with Crippen molar-refractivity contribution < 1.29 is 4.74 Å². The second kappa shape index (κ2) is 8.21. The van der Waals surface area contributed by atoms with E-state index in [9.17, 15) is 0 Å². The molecule has 2 rings (SSSR count). The van der Waals surface area contributed by atoms with Gasteiger partial charge in [-0.25, -0.2) is 0 Å². The number of para-hydroxylation sites is 1. The minimum absolute atomic E-state index is 0.